The quantitative estimate of drug-likeness (QED) is 0.161. The summed E-state index contributed by atoms with van der Waals surface area (Å²) in [5.74, 6) is 2.36. The highest BCUT2D eigenvalue weighted by atomic mass is 16.5. The Kier molecular flexibility index (Phi) is 11.8. The Hall–Kier alpha value is -5.58. The first kappa shape index (κ1) is 37.2. The molecular weight excluding hydrogens is 670 g/mol. The summed E-state index contributed by atoms with van der Waals surface area (Å²) in [6.07, 6.45) is 4.64. The predicted octanol–water partition coefficient (Wildman–Crippen LogP) is 6.97. The molecule has 0 spiro atoms. The maximum absolute atomic E-state index is 13.1. The van der Waals surface area contributed by atoms with E-state index in [1.807, 2.05) is 44.4 Å². The van der Waals surface area contributed by atoms with E-state index in [-0.39, 0.29) is 12.8 Å². The fourth-order valence-corrected chi connectivity index (χ4v) is 6.64. The number of nitrogens with zero attached hydrogens (tertiary/aromatic N) is 2. The van der Waals surface area contributed by atoms with E-state index in [4.69, 9.17) is 23.7 Å². The fraction of sp³-hybridized carbons (Fsp3) is 0.302. The van der Waals surface area contributed by atoms with Crippen molar-refractivity contribution in [3.63, 3.8) is 0 Å². The molecule has 0 fully saturated rings. The number of benzene rings is 4. The normalized spacial score (nSPS) is 17.2. The van der Waals surface area contributed by atoms with Crippen LogP contribution in [-0.4, -0.2) is 75.8 Å². The maximum Gasteiger partial charge on any atom is 0.264 e. The second kappa shape index (κ2) is 16.8. The van der Waals surface area contributed by atoms with Crippen molar-refractivity contribution < 1.29 is 33.3 Å². The van der Waals surface area contributed by atoms with E-state index in [0.717, 1.165) is 42.8 Å². The van der Waals surface area contributed by atoms with Crippen molar-refractivity contribution in [2.45, 2.75) is 38.6 Å². The van der Waals surface area contributed by atoms with Gasteiger partial charge in [-0.15, -0.1) is 0 Å². The fourth-order valence-electron chi connectivity index (χ4n) is 6.64. The topological polar surface area (TPSA) is 98.8 Å². The second-order valence-corrected chi connectivity index (χ2v) is 13.3. The largest absolute Gasteiger partial charge is 0.500 e. The summed E-state index contributed by atoms with van der Waals surface area (Å²) >= 11 is 0. The molecule has 10 nitrogen and oxygen atoms in total. The number of nitrogens with one attached hydrogen (secondary N) is 1. The molecule has 10 heteroatoms. The van der Waals surface area contributed by atoms with E-state index in [2.05, 4.69) is 41.9 Å². The number of hydrogen-bond acceptors (Lipinski definition) is 9. The number of carbonyl (C=O) groups is 2. The Morgan fingerprint density at radius 3 is 2.21 bits per heavy atom. The molecule has 9 rings (SSSR count). The molecule has 4 aromatic rings. The first-order valence-electron chi connectivity index (χ1n) is 17.8. The third-order valence-electron chi connectivity index (χ3n) is 9.63. The van der Waals surface area contributed by atoms with Crippen LogP contribution in [0.2, 0.25) is 0 Å². The molecule has 276 valence electrons. The van der Waals surface area contributed by atoms with Crippen LogP contribution in [0.15, 0.2) is 103 Å². The molecule has 0 aromatic heterocycles. The summed E-state index contributed by atoms with van der Waals surface area (Å²) in [6.45, 7) is 7.99. The molecule has 0 saturated carbocycles. The van der Waals surface area contributed by atoms with Gasteiger partial charge in [0.25, 0.3) is 11.8 Å². The number of carbonyl (C=O) groups excluding carboxylic acids is 2. The van der Waals surface area contributed by atoms with Crippen LogP contribution in [0.1, 0.15) is 49.9 Å². The van der Waals surface area contributed by atoms with E-state index >= 15 is 0 Å². The van der Waals surface area contributed by atoms with Crippen molar-refractivity contribution in [1.82, 2.24) is 15.1 Å². The number of likely N-dealkylation sites (N-methyl/N-ethyl adjacent to an activating group) is 1. The lowest BCUT2D eigenvalue weighted by Crippen LogP contribution is -2.33. The van der Waals surface area contributed by atoms with Crippen molar-refractivity contribution in [2.24, 2.45) is 0 Å². The van der Waals surface area contributed by atoms with Crippen molar-refractivity contribution >= 4 is 11.8 Å². The van der Waals surface area contributed by atoms with Gasteiger partial charge in [0.05, 0.1) is 25.3 Å². The monoisotopic (exact) mass is 717 g/mol. The number of rotatable bonds is 7. The molecule has 5 heterocycles. The van der Waals surface area contributed by atoms with Gasteiger partial charge in [-0.05, 0) is 124 Å². The average Bonchev–Trinajstić information content (AvgIpc) is 3.41. The first-order chi connectivity index (χ1) is 25.7. The molecule has 1 atom stereocenters. The van der Waals surface area contributed by atoms with Gasteiger partial charge < -0.3 is 33.9 Å². The summed E-state index contributed by atoms with van der Waals surface area (Å²) in [4.78, 5) is 29.3. The molecule has 1 N–H and O–H groups in total. The molecule has 0 aliphatic carbocycles. The molecule has 6 bridgehead atoms. The van der Waals surface area contributed by atoms with E-state index in [0.29, 0.717) is 57.6 Å². The Balaban J connectivity index is 1.34. The zero-order valence-electron chi connectivity index (χ0n) is 31.1. The third kappa shape index (κ3) is 8.40. The Morgan fingerprint density at radius 2 is 1.55 bits per heavy atom. The lowest BCUT2D eigenvalue weighted by Gasteiger charge is -2.28. The standard InChI is InChI=1S/C43H47N3O7/c1-7-31-24-40-38(50-6)25-32(31)19-21-44-20-18-29-12-15-33(16-13-29)52-39-23-30(22-36(45(3)4)28(2)41(53-40)26-49-5)14-17-37(39)51-27-46-42(47)34-10-8-9-11-35(34)43(46)48/h8-17,23-26,36,44H,2,7,18-22,27H2,1,3-6H3/b41-26-. The summed E-state index contributed by atoms with van der Waals surface area (Å²) in [5, 5.41) is 3.58. The molecule has 5 aliphatic rings. The Morgan fingerprint density at radius 1 is 0.868 bits per heavy atom. The minimum Gasteiger partial charge on any atom is -0.500 e. The summed E-state index contributed by atoms with van der Waals surface area (Å²) in [5.41, 5.74) is 5.94. The van der Waals surface area contributed by atoms with E-state index in [1.54, 1.807) is 50.8 Å². The van der Waals surface area contributed by atoms with Crippen molar-refractivity contribution in [2.75, 3.05) is 48.1 Å². The van der Waals surface area contributed by atoms with Crippen molar-refractivity contribution in [3.05, 3.63) is 136 Å². The summed E-state index contributed by atoms with van der Waals surface area (Å²) in [6, 6.07) is 24.3. The Labute approximate surface area is 311 Å². The molecule has 2 amide bonds. The van der Waals surface area contributed by atoms with Crippen molar-refractivity contribution in [1.29, 1.82) is 0 Å². The van der Waals surface area contributed by atoms with Gasteiger partial charge in [0.15, 0.2) is 35.5 Å². The van der Waals surface area contributed by atoms with Gasteiger partial charge in [0, 0.05) is 11.6 Å². The van der Waals surface area contributed by atoms with E-state index < -0.39 is 11.8 Å². The van der Waals surface area contributed by atoms with Crippen molar-refractivity contribution in [3.8, 4) is 28.7 Å². The average molecular weight is 718 g/mol. The van der Waals surface area contributed by atoms with Gasteiger partial charge >= 0.3 is 0 Å². The molecule has 4 aromatic carbocycles. The van der Waals surface area contributed by atoms with Crippen LogP contribution in [-0.2, 0) is 30.4 Å². The number of aryl methyl sites for hydroxylation is 1. The van der Waals surface area contributed by atoms with Crippen LogP contribution in [0.3, 0.4) is 0 Å². The Bertz CT molecular complexity index is 1970. The molecule has 5 aliphatic heterocycles. The predicted molar refractivity (Wildman–Crippen MR) is 204 cm³/mol. The van der Waals surface area contributed by atoms with Gasteiger partial charge in [-0.3, -0.25) is 9.59 Å². The van der Waals surface area contributed by atoms with Crippen LogP contribution in [0.5, 0.6) is 28.7 Å². The van der Waals surface area contributed by atoms with Gasteiger partial charge in [-0.25, -0.2) is 4.90 Å². The molecule has 0 radical (unpaired) electrons. The van der Waals surface area contributed by atoms with Crippen LogP contribution in [0, 0.1) is 0 Å². The summed E-state index contributed by atoms with van der Waals surface area (Å²) in [7, 11) is 7.20. The van der Waals surface area contributed by atoms with Crippen LogP contribution in [0.4, 0.5) is 0 Å². The van der Waals surface area contributed by atoms with Gasteiger partial charge in [0.2, 0.25) is 0 Å². The number of ether oxygens (including phenoxy) is 5. The minimum absolute atomic E-state index is 0.214. The zero-order chi connectivity index (χ0) is 37.5. The maximum atomic E-state index is 13.1. The van der Waals surface area contributed by atoms with Gasteiger partial charge in [0.1, 0.15) is 12.0 Å². The number of imide groups is 1. The zero-order valence-corrected chi connectivity index (χ0v) is 31.1. The second-order valence-electron chi connectivity index (χ2n) is 13.3. The number of amides is 2. The number of fused-ring (bicyclic) bond motifs is 1. The SMILES string of the molecule is C=C1/C(=C/OC)Oc2cc(CC)c(cc2OC)CCNCCc2ccc(cc2)Oc2cc(ccc2OCN2C(=O)c3ccccc3C2=O)CC1N(C)C. The number of methoxy groups -OCH3 is 2. The third-order valence-corrected chi connectivity index (χ3v) is 9.63. The van der Waals surface area contributed by atoms with Gasteiger partial charge in [-0.2, -0.15) is 0 Å². The molecule has 1 unspecified atom stereocenters. The number of hydrogen-bond donors (Lipinski definition) is 1. The molecule has 53 heavy (non-hydrogen) atoms. The molecular formula is C43H47N3O7. The highest BCUT2D eigenvalue weighted by Gasteiger charge is 2.35. The highest BCUT2D eigenvalue weighted by molar-refractivity contribution is 6.21. The van der Waals surface area contributed by atoms with Crippen LogP contribution in [0.25, 0.3) is 0 Å². The minimum atomic E-state index is -0.394. The smallest absolute Gasteiger partial charge is 0.264 e. The lowest BCUT2D eigenvalue weighted by atomic mass is 9.97. The first-order valence-corrected chi connectivity index (χ1v) is 17.8. The van der Waals surface area contributed by atoms with Crippen LogP contribution >= 0.6 is 0 Å². The van der Waals surface area contributed by atoms with Gasteiger partial charge in [-0.1, -0.05) is 43.8 Å². The molecule has 0 saturated heterocycles. The summed E-state index contributed by atoms with van der Waals surface area (Å²) < 4.78 is 30.5. The van der Waals surface area contributed by atoms with E-state index in [1.165, 1.54) is 16.7 Å². The highest BCUT2D eigenvalue weighted by Crippen LogP contribution is 2.37. The lowest BCUT2D eigenvalue weighted by molar-refractivity contribution is 0.0519. The van der Waals surface area contributed by atoms with Crippen LogP contribution < -0.4 is 24.3 Å². The van der Waals surface area contributed by atoms with E-state index in [9.17, 15) is 9.59 Å².